The highest BCUT2D eigenvalue weighted by atomic mass is 35.5. The van der Waals surface area contributed by atoms with E-state index < -0.39 is 28.5 Å². The summed E-state index contributed by atoms with van der Waals surface area (Å²) in [6.07, 6.45) is 0. The van der Waals surface area contributed by atoms with E-state index in [1.165, 1.54) is 29.2 Å². The Labute approximate surface area is 234 Å². The number of hydrogen-bond donors (Lipinski definition) is 1. The van der Waals surface area contributed by atoms with Crippen molar-refractivity contribution in [3.8, 4) is 0 Å². The van der Waals surface area contributed by atoms with Crippen molar-refractivity contribution in [3.63, 3.8) is 0 Å². The highest BCUT2D eigenvalue weighted by molar-refractivity contribution is 7.92. The first kappa shape index (κ1) is 29.5. The third-order valence-electron chi connectivity index (χ3n) is 5.88. The van der Waals surface area contributed by atoms with Crippen LogP contribution in [0.4, 0.5) is 5.69 Å². The lowest BCUT2D eigenvalue weighted by Gasteiger charge is -2.32. The average Bonchev–Trinajstić information content (AvgIpc) is 2.87. The molecule has 0 bridgehead atoms. The number of amides is 2. The zero-order chi connectivity index (χ0) is 28.0. The highest BCUT2D eigenvalue weighted by Crippen LogP contribution is 2.35. The molecule has 0 radical (unpaired) electrons. The van der Waals surface area contributed by atoms with Crippen molar-refractivity contribution in [2.24, 2.45) is 0 Å². The molecule has 0 saturated heterocycles. The average molecular weight is 577 g/mol. The van der Waals surface area contributed by atoms with Crippen LogP contribution in [0, 0.1) is 6.92 Å². The number of halogens is 2. The summed E-state index contributed by atoms with van der Waals surface area (Å²) in [6, 6.07) is 19.0. The number of aryl methyl sites for hydroxylation is 1. The standard InChI is InChI=1S/C28H31Cl2N3O4S/c1-19(2)31-28(35)21(4)32(17-22-9-6-5-7-10-22)26(34)18-33(25-12-8-11-24(29)27(25)30)38(36,37)23-15-13-20(3)14-16-23/h5-16,19,21H,17-18H2,1-4H3,(H,31,35)/t21-/m1/s1. The second-order valence-electron chi connectivity index (χ2n) is 9.24. The lowest BCUT2D eigenvalue weighted by molar-refractivity contribution is -0.139. The van der Waals surface area contributed by atoms with Crippen molar-refractivity contribution in [1.82, 2.24) is 10.2 Å². The largest absolute Gasteiger partial charge is 0.352 e. The van der Waals surface area contributed by atoms with Gasteiger partial charge in [-0.1, -0.05) is 77.3 Å². The van der Waals surface area contributed by atoms with Crippen LogP contribution in [-0.2, 0) is 26.2 Å². The smallest absolute Gasteiger partial charge is 0.264 e. The van der Waals surface area contributed by atoms with Crippen LogP contribution in [0.5, 0.6) is 0 Å². The van der Waals surface area contributed by atoms with Crippen LogP contribution in [0.25, 0.3) is 0 Å². The van der Waals surface area contributed by atoms with E-state index in [1.807, 2.05) is 51.1 Å². The fourth-order valence-corrected chi connectivity index (χ4v) is 5.68. The summed E-state index contributed by atoms with van der Waals surface area (Å²) in [7, 11) is -4.23. The van der Waals surface area contributed by atoms with Gasteiger partial charge in [0.25, 0.3) is 10.0 Å². The minimum atomic E-state index is -4.23. The van der Waals surface area contributed by atoms with E-state index in [2.05, 4.69) is 5.32 Å². The molecule has 0 aliphatic rings. The first-order valence-electron chi connectivity index (χ1n) is 12.1. The van der Waals surface area contributed by atoms with Gasteiger partial charge in [0.1, 0.15) is 12.6 Å². The molecular weight excluding hydrogens is 545 g/mol. The molecule has 3 rings (SSSR count). The molecule has 0 aliphatic heterocycles. The van der Waals surface area contributed by atoms with Crippen molar-refractivity contribution in [1.29, 1.82) is 0 Å². The second-order valence-corrected chi connectivity index (χ2v) is 11.9. The zero-order valence-corrected chi connectivity index (χ0v) is 24.0. The first-order chi connectivity index (χ1) is 17.9. The summed E-state index contributed by atoms with van der Waals surface area (Å²) in [5.41, 5.74) is 1.73. The van der Waals surface area contributed by atoms with Crippen molar-refractivity contribution in [2.45, 2.75) is 51.2 Å². The van der Waals surface area contributed by atoms with Crippen LogP contribution in [0.1, 0.15) is 31.9 Å². The number of anilines is 1. The molecule has 0 aromatic heterocycles. The van der Waals surface area contributed by atoms with E-state index in [4.69, 9.17) is 23.2 Å². The van der Waals surface area contributed by atoms with Gasteiger partial charge in [0.2, 0.25) is 11.8 Å². The Hall–Kier alpha value is -3.07. The molecule has 10 heteroatoms. The number of rotatable bonds is 10. The minimum absolute atomic E-state index is 0.00198. The topological polar surface area (TPSA) is 86.8 Å². The Morgan fingerprint density at radius 2 is 1.53 bits per heavy atom. The number of carbonyl (C=O) groups excluding carboxylic acids is 2. The van der Waals surface area contributed by atoms with E-state index in [0.29, 0.717) is 0 Å². The van der Waals surface area contributed by atoms with Gasteiger partial charge in [-0.2, -0.15) is 0 Å². The summed E-state index contributed by atoms with van der Waals surface area (Å²) >= 11 is 12.7. The van der Waals surface area contributed by atoms with Crippen molar-refractivity contribution >= 4 is 50.7 Å². The van der Waals surface area contributed by atoms with E-state index >= 15 is 0 Å². The van der Waals surface area contributed by atoms with Gasteiger partial charge in [-0.15, -0.1) is 0 Å². The normalized spacial score (nSPS) is 12.2. The van der Waals surface area contributed by atoms with Crippen LogP contribution in [-0.4, -0.2) is 43.8 Å². The van der Waals surface area contributed by atoms with Gasteiger partial charge in [-0.3, -0.25) is 13.9 Å². The molecule has 0 spiro atoms. The molecule has 202 valence electrons. The molecule has 3 aromatic carbocycles. The van der Waals surface area contributed by atoms with Gasteiger partial charge in [0.15, 0.2) is 0 Å². The van der Waals surface area contributed by atoms with Crippen LogP contribution < -0.4 is 9.62 Å². The molecule has 0 fully saturated rings. The van der Waals surface area contributed by atoms with E-state index in [-0.39, 0.29) is 39.1 Å². The zero-order valence-electron chi connectivity index (χ0n) is 21.7. The molecule has 7 nitrogen and oxygen atoms in total. The third kappa shape index (κ3) is 7.07. The maximum atomic E-state index is 13.9. The maximum Gasteiger partial charge on any atom is 0.264 e. The molecule has 0 saturated carbocycles. The Morgan fingerprint density at radius 1 is 0.895 bits per heavy atom. The SMILES string of the molecule is Cc1ccc(S(=O)(=O)N(CC(=O)N(Cc2ccccc2)[C@H](C)C(=O)NC(C)C)c2cccc(Cl)c2Cl)cc1. The Morgan fingerprint density at radius 3 is 2.13 bits per heavy atom. The van der Waals surface area contributed by atoms with Gasteiger partial charge >= 0.3 is 0 Å². The summed E-state index contributed by atoms with van der Waals surface area (Å²) in [5, 5.41) is 2.97. The molecule has 3 aromatic rings. The predicted octanol–water partition coefficient (Wildman–Crippen LogP) is 5.44. The summed E-state index contributed by atoms with van der Waals surface area (Å²) < 4.78 is 28.6. The van der Waals surface area contributed by atoms with Crippen LogP contribution in [0.2, 0.25) is 10.0 Å². The quantitative estimate of drug-likeness (QED) is 0.348. The molecule has 1 atom stereocenters. The minimum Gasteiger partial charge on any atom is -0.352 e. The molecule has 1 N–H and O–H groups in total. The molecule has 0 heterocycles. The summed E-state index contributed by atoms with van der Waals surface area (Å²) in [5.74, 6) is -0.926. The lowest BCUT2D eigenvalue weighted by Crippen LogP contribution is -2.52. The number of nitrogens with one attached hydrogen (secondary N) is 1. The summed E-state index contributed by atoms with van der Waals surface area (Å²) in [4.78, 5) is 28.1. The molecule has 2 amide bonds. The van der Waals surface area contributed by atoms with Crippen LogP contribution >= 0.6 is 23.2 Å². The fraction of sp³-hybridized carbons (Fsp3) is 0.286. The third-order valence-corrected chi connectivity index (χ3v) is 8.46. The number of sulfonamides is 1. The van der Waals surface area contributed by atoms with Crippen molar-refractivity contribution < 1.29 is 18.0 Å². The number of benzene rings is 3. The molecule has 38 heavy (non-hydrogen) atoms. The number of nitrogens with zero attached hydrogens (tertiary/aromatic N) is 2. The van der Waals surface area contributed by atoms with E-state index in [9.17, 15) is 18.0 Å². The van der Waals surface area contributed by atoms with E-state index in [1.54, 1.807) is 25.1 Å². The molecule has 0 unspecified atom stereocenters. The van der Waals surface area contributed by atoms with Gasteiger partial charge in [0.05, 0.1) is 20.6 Å². The van der Waals surface area contributed by atoms with Gasteiger partial charge < -0.3 is 10.2 Å². The first-order valence-corrected chi connectivity index (χ1v) is 14.3. The summed E-state index contributed by atoms with van der Waals surface area (Å²) in [6.45, 7) is 6.62. The Bertz CT molecular complexity index is 1380. The highest BCUT2D eigenvalue weighted by Gasteiger charge is 2.33. The predicted molar refractivity (Wildman–Crippen MR) is 152 cm³/mol. The van der Waals surface area contributed by atoms with Gasteiger partial charge in [-0.05, 0) is 57.5 Å². The monoisotopic (exact) mass is 575 g/mol. The number of hydrogen-bond acceptors (Lipinski definition) is 4. The fourth-order valence-electron chi connectivity index (χ4n) is 3.80. The van der Waals surface area contributed by atoms with Crippen LogP contribution in [0.15, 0.2) is 77.7 Å². The Balaban J connectivity index is 2.06. The van der Waals surface area contributed by atoms with Crippen molar-refractivity contribution in [2.75, 3.05) is 10.8 Å². The maximum absolute atomic E-state index is 13.9. The van der Waals surface area contributed by atoms with Crippen LogP contribution in [0.3, 0.4) is 0 Å². The Kier molecular flexibility index (Phi) is 9.82. The van der Waals surface area contributed by atoms with Crippen molar-refractivity contribution in [3.05, 3.63) is 94.0 Å². The number of carbonyl (C=O) groups is 2. The van der Waals surface area contributed by atoms with E-state index in [0.717, 1.165) is 15.4 Å². The second kappa shape index (κ2) is 12.7. The lowest BCUT2D eigenvalue weighted by atomic mass is 10.1. The van der Waals surface area contributed by atoms with Gasteiger partial charge in [-0.25, -0.2) is 8.42 Å². The van der Waals surface area contributed by atoms with Gasteiger partial charge in [0, 0.05) is 12.6 Å². The molecular formula is C28H31Cl2N3O4S. The molecule has 0 aliphatic carbocycles.